The molecule has 0 aliphatic heterocycles. The number of nitrogens with one attached hydrogen (secondary N) is 2. The molecule has 9 heteroatoms. The van der Waals surface area contributed by atoms with Crippen molar-refractivity contribution < 1.29 is 4.74 Å². The molecule has 0 spiro atoms. The summed E-state index contributed by atoms with van der Waals surface area (Å²) in [6.07, 6.45) is 5.07. The fourth-order valence-electron chi connectivity index (χ4n) is 3.14. The fraction of sp³-hybridized carbons (Fsp3) is 0.500. The third kappa shape index (κ3) is 7.70. The number of para-hydroxylation sites is 1. The number of benzene rings is 1. The van der Waals surface area contributed by atoms with Gasteiger partial charge in [0.2, 0.25) is 0 Å². The first-order valence-corrected chi connectivity index (χ1v) is 10.6. The number of nitrogens with zero attached hydrogens (tertiary/aromatic N) is 4. The Bertz CT molecular complexity index is 872. The number of nitrogen functional groups attached to an aromatic ring is 1. The molecule has 4 N–H and O–H groups in total. The van der Waals surface area contributed by atoms with Crippen molar-refractivity contribution in [1.82, 2.24) is 20.4 Å². The summed E-state index contributed by atoms with van der Waals surface area (Å²) in [6, 6.07) is 11.8. The van der Waals surface area contributed by atoms with Gasteiger partial charge < -0.3 is 21.1 Å². The first kappa shape index (κ1) is 24.9. The van der Waals surface area contributed by atoms with Crippen LogP contribution in [0.2, 0.25) is 0 Å². The Balaban J connectivity index is 0.00000341. The van der Waals surface area contributed by atoms with Crippen LogP contribution in [-0.4, -0.2) is 49.1 Å². The molecule has 0 saturated heterocycles. The van der Waals surface area contributed by atoms with Gasteiger partial charge in [0.15, 0.2) is 5.96 Å². The summed E-state index contributed by atoms with van der Waals surface area (Å²) in [5, 5.41) is 20.7. The lowest BCUT2D eigenvalue weighted by molar-refractivity contribution is 0.123. The number of nitriles is 1. The van der Waals surface area contributed by atoms with Crippen LogP contribution in [0, 0.1) is 17.2 Å². The first-order chi connectivity index (χ1) is 14.7. The van der Waals surface area contributed by atoms with E-state index in [1.165, 1.54) is 12.8 Å². The molecule has 0 bridgehead atoms. The Morgan fingerprint density at radius 3 is 2.61 bits per heavy atom. The lowest BCUT2D eigenvalue weighted by Crippen LogP contribution is -2.38. The molecule has 1 aromatic heterocycles. The Hall–Kier alpha value is -2.32. The number of halogens is 1. The summed E-state index contributed by atoms with van der Waals surface area (Å²) in [4.78, 5) is 4.24. The number of aryl methyl sites for hydroxylation is 1. The van der Waals surface area contributed by atoms with E-state index in [0.29, 0.717) is 17.8 Å². The molecule has 0 radical (unpaired) electrons. The van der Waals surface area contributed by atoms with Crippen LogP contribution in [0.1, 0.15) is 36.9 Å². The molecule has 1 heterocycles. The number of aromatic nitrogens is 2. The van der Waals surface area contributed by atoms with Gasteiger partial charge in [-0.2, -0.15) is 10.4 Å². The van der Waals surface area contributed by atoms with E-state index in [1.807, 2.05) is 30.3 Å². The van der Waals surface area contributed by atoms with Crippen molar-refractivity contribution in [3.63, 3.8) is 0 Å². The second-order valence-corrected chi connectivity index (χ2v) is 7.47. The van der Waals surface area contributed by atoms with Gasteiger partial charge in [0, 0.05) is 33.4 Å². The Morgan fingerprint density at radius 2 is 1.97 bits per heavy atom. The summed E-state index contributed by atoms with van der Waals surface area (Å²) in [5.74, 6) is 1.96. The van der Waals surface area contributed by atoms with Gasteiger partial charge in [0.1, 0.15) is 17.5 Å². The maximum atomic E-state index is 9.50. The standard InChI is InChI=1S/C22H31N7O.HI/c1-25-22(27-13-6-14-30-16-17-10-11-17)26-12-5-9-20-19(15-23)21(24)29(28-20)18-7-3-2-4-8-18;/h2-4,7-8,17H,5-6,9-14,16,24H2,1H3,(H2,25,26,27);1H. The predicted octanol–water partition coefficient (Wildman–Crippen LogP) is 2.86. The highest BCUT2D eigenvalue weighted by Gasteiger charge is 2.20. The average molecular weight is 537 g/mol. The van der Waals surface area contributed by atoms with Gasteiger partial charge in [-0.25, -0.2) is 4.68 Å². The van der Waals surface area contributed by atoms with Gasteiger partial charge in [0.25, 0.3) is 0 Å². The molecular formula is C22H32IN7O. The lowest BCUT2D eigenvalue weighted by Gasteiger charge is -2.11. The molecule has 0 atom stereocenters. The van der Waals surface area contributed by atoms with Crippen molar-refractivity contribution in [3.8, 4) is 11.8 Å². The highest BCUT2D eigenvalue weighted by Crippen LogP contribution is 2.28. The first-order valence-electron chi connectivity index (χ1n) is 10.6. The minimum atomic E-state index is 0. The molecule has 1 fully saturated rings. The van der Waals surface area contributed by atoms with Gasteiger partial charge in [-0.1, -0.05) is 18.2 Å². The summed E-state index contributed by atoms with van der Waals surface area (Å²) in [7, 11) is 1.76. The zero-order valence-corrected chi connectivity index (χ0v) is 20.3. The molecule has 0 amide bonds. The van der Waals surface area contributed by atoms with Crippen molar-refractivity contribution >= 4 is 35.8 Å². The van der Waals surface area contributed by atoms with E-state index in [4.69, 9.17) is 10.5 Å². The summed E-state index contributed by atoms with van der Waals surface area (Å²) in [6.45, 7) is 3.23. The van der Waals surface area contributed by atoms with E-state index in [1.54, 1.807) is 11.7 Å². The SMILES string of the molecule is CN=C(NCCCOCC1CC1)NCCCc1nn(-c2ccccc2)c(N)c1C#N.I. The van der Waals surface area contributed by atoms with Crippen molar-refractivity contribution in [2.45, 2.75) is 32.1 Å². The molecule has 8 nitrogen and oxygen atoms in total. The summed E-state index contributed by atoms with van der Waals surface area (Å²) < 4.78 is 7.27. The summed E-state index contributed by atoms with van der Waals surface area (Å²) >= 11 is 0. The molecule has 0 unspecified atom stereocenters. The van der Waals surface area contributed by atoms with Crippen molar-refractivity contribution in [3.05, 3.63) is 41.6 Å². The predicted molar refractivity (Wildman–Crippen MR) is 134 cm³/mol. The molecule has 2 aromatic rings. The highest BCUT2D eigenvalue weighted by molar-refractivity contribution is 14.0. The van der Waals surface area contributed by atoms with Crippen LogP contribution in [0.3, 0.4) is 0 Å². The molecule has 1 aromatic carbocycles. The van der Waals surface area contributed by atoms with Gasteiger partial charge in [0.05, 0.1) is 11.4 Å². The highest BCUT2D eigenvalue weighted by atomic mass is 127. The van der Waals surface area contributed by atoms with Crippen LogP contribution in [0.5, 0.6) is 0 Å². The minimum Gasteiger partial charge on any atom is -0.382 e. The second kappa shape index (κ2) is 13.2. The normalized spacial score (nSPS) is 13.4. The number of hydrogen-bond donors (Lipinski definition) is 3. The number of ether oxygens (including phenoxy) is 1. The van der Waals surface area contributed by atoms with Crippen LogP contribution in [0.25, 0.3) is 5.69 Å². The minimum absolute atomic E-state index is 0. The van der Waals surface area contributed by atoms with Crippen molar-refractivity contribution in [2.24, 2.45) is 10.9 Å². The molecule has 1 saturated carbocycles. The summed E-state index contributed by atoms with van der Waals surface area (Å²) in [5.41, 5.74) is 8.17. The van der Waals surface area contributed by atoms with E-state index in [2.05, 4.69) is 26.8 Å². The van der Waals surface area contributed by atoms with Crippen molar-refractivity contribution in [1.29, 1.82) is 5.26 Å². The number of rotatable bonds is 11. The number of nitrogens with two attached hydrogens (primary N) is 1. The van der Waals surface area contributed by atoms with E-state index < -0.39 is 0 Å². The lowest BCUT2D eigenvalue weighted by atomic mass is 10.1. The van der Waals surface area contributed by atoms with E-state index >= 15 is 0 Å². The second-order valence-electron chi connectivity index (χ2n) is 7.47. The maximum Gasteiger partial charge on any atom is 0.190 e. The van der Waals surface area contributed by atoms with E-state index in [0.717, 1.165) is 62.4 Å². The van der Waals surface area contributed by atoms with Crippen LogP contribution < -0.4 is 16.4 Å². The molecular weight excluding hydrogens is 505 g/mol. The zero-order valence-electron chi connectivity index (χ0n) is 18.0. The fourth-order valence-corrected chi connectivity index (χ4v) is 3.14. The molecule has 1 aliphatic carbocycles. The molecule has 1 aliphatic rings. The third-order valence-corrected chi connectivity index (χ3v) is 5.02. The maximum absolute atomic E-state index is 9.50. The van der Waals surface area contributed by atoms with Crippen LogP contribution >= 0.6 is 24.0 Å². The zero-order chi connectivity index (χ0) is 21.2. The Labute approximate surface area is 201 Å². The molecule has 3 rings (SSSR count). The van der Waals surface area contributed by atoms with Crippen LogP contribution in [0.4, 0.5) is 5.82 Å². The number of hydrogen-bond acceptors (Lipinski definition) is 5. The van der Waals surface area contributed by atoms with Crippen LogP contribution in [-0.2, 0) is 11.2 Å². The van der Waals surface area contributed by atoms with Crippen molar-refractivity contribution in [2.75, 3.05) is 39.1 Å². The van der Waals surface area contributed by atoms with E-state index in [-0.39, 0.29) is 24.0 Å². The average Bonchev–Trinajstić information content (AvgIpc) is 3.54. The smallest absolute Gasteiger partial charge is 0.190 e. The monoisotopic (exact) mass is 537 g/mol. The number of guanidine groups is 1. The molecule has 31 heavy (non-hydrogen) atoms. The third-order valence-electron chi connectivity index (χ3n) is 5.02. The van der Waals surface area contributed by atoms with Gasteiger partial charge in [-0.15, -0.1) is 24.0 Å². The van der Waals surface area contributed by atoms with Gasteiger partial charge in [-0.3, -0.25) is 4.99 Å². The van der Waals surface area contributed by atoms with Gasteiger partial charge >= 0.3 is 0 Å². The number of anilines is 1. The van der Waals surface area contributed by atoms with Gasteiger partial charge in [-0.05, 0) is 50.2 Å². The number of aliphatic imine (C=N–C) groups is 1. The molecule has 168 valence electrons. The quantitative estimate of drug-likeness (QED) is 0.176. The van der Waals surface area contributed by atoms with Crippen LogP contribution in [0.15, 0.2) is 35.3 Å². The Kier molecular flexibility index (Phi) is 10.6. The van der Waals surface area contributed by atoms with E-state index in [9.17, 15) is 5.26 Å². The Morgan fingerprint density at radius 1 is 1.26 bits per heavy atom. The topological polar surface area (TPSA) is 113 Å². The largest absolute Gasteiger partial charge is 0.382 e.